The van der Waals surface area contributed by atoms with E-state index in [-0.39, 0.29) is 47.7 Å². The van der Waals surface area contributed by atoms with E-state index in [9.17, 15) is 14.7 Å². The molecule has 6 atom stereocenters. The molecule has 0 radical (unpaired) electrons. The maximum absolute atomic E-state index is 13.0. The number of fused-ring (bicyclic) bond motifs is 3. The average Bonchev–Trinajstić information content (AvgIpc) is 3.49. The van der Waals surface area contributed by atoms with Crippen LogP contribution in [0, 0.1) is 23.2 Å². The van der Waals surface area contributed by atoms with Gasteiger partial charge in [-0.25, -0.2) is 4.98 Å². The maximum Gasteiger partial charge on any atom is 0.257 e. The molecule has 37 heavy (non-hydrogen) atoms. The molecule has 9 heteroatoms. The zero-order valence-corrected chi connectivity index (χ0v) is 22.6. The van der Waals surface area contributed by atoms with Crippen LogP contribution in [0.2, 0.25) is 0 Å². The van der Waals surface area contributed by atoms with Crippen molar-refractivity contribution in [3.63, 3.8) is 0 Å². The van der Waals surface area contributed by atoms with Crippen LogP contribution in [-0.4, -0.2) is 53.3 Å². The molecule has 198 valence electrons. The van der Waals surface area contributed by atoms with Crippen molar-refractivity contribution in [1.82, 2.24) is 9.88 Å². The molecule has 0 spiro atoms. The summed E-state index contributed by atoms with van der Waals surface area (Å²) in [4.78, 5) is 33.6. The molecule has 0 unspecified atom stereocenters. The van der Waals surface area contributed by atoms with Crippen molar-refractivity contribution in [2.75, 3.05) is 25.7 Å². The molecule has 2 aromatic rings. The number of carbonyl (C=O) groups is 2. The van der Waals surface area contributed by atoms with Crippen LogP contribution in [0.15, 0.2) is 30.9 Å². The number of likely N-dealkylation sites (N-methyl/N-ethyl adjacent to an activating group) is 1. The molecule has 1 aliphatic heterocycles. The quantitative estimate of drug-likeness (QED) is 0.540. The molecular weight excluding hydrogens is 490 g/mol. The predicted octanol–water partition coefficient (Wildman–Crippen LogP) is 4.46. The second kappa shape index (κ2) is 9.76. The first-order valence-electron chi connectivity index (χ1n) is 12.9. The molecule has 8 nitrogen and oxygen atoms in total. The molecular formula is C28H35N3O5S. The van der Waals surface area contributed by atoms with E-state index in [4.69, 9.17) is 14.5 Å². The number of benzene rings is 1. The van der Waals surface area contributed by atoms with Gasteiger partial charge in [-0.15, -0.1) is 17.9 Å². The van der Waals surface area contributed by atoms with Gasteiger partial charge < -0.3 is 19.5 Å². The first-order valence-corrected chi connectivity index (χ1v) is 13.7. The van der Waals surface area contributed by atoms with Crippen molar-refractivity contribution in [1.29, 1.82) is 0 Å². The number of ether oxygens (including phenoxy) is 2. The van der Waals surface area contributed by atoms with E-state index in [1.54, 1.807) is 36.2 Å². The van der Waals surface area contributed by atoms with Crippen LogP contribution < -0.4 is 14.8 Å². The van der Waals surface area contributed by atoms with Crippen LogP contribution in [0.3, 0.4) is 0 Å². The molecule has 2 aliphatic carbocycles. The Morgan fingerprint density at radius 2 is 2.14 bits per heavy atom. The number of hydrogen-bond acceptors (Lipinski definition) is 7. The number of nitrogens with one attached hydrogen (secondary N) is 1. The SMILES string of the molecule is C=CCN(C)C(=O)[C@@H](C)[C@H]1CC[C@]2(C)Cc3sc(NC(=O)c4ccc5c(c4)OCO5)nc3[C@@H](C)[C@@H]2[C@H]1O. The fraction of sp³-hybridized carbons (Fsp3) is 0.536. The molecule has 2 amide bonds. The van der Waals surface area contributed by atoms with Gasteiger partial charge in [-0.1, -0.05) is 26.8 Å². The van der Waals surface area contributed by atoms with E-state index >= 15 is 0 Å². The third kappa shape index (κ3) is 4.52. The summed E-state index contributed by atoms with van der Waals surface area (Å²) in [5, 5.41) is 15.1. The average molecular weight is 526 g/mol. The first kappa shape index (κ1) is 25.7. The van der Waals surface area contributed by atoms with Gasteiger partial charge >= 0.3 is 0 Å². The lowest BCUT2D eigenvalue weighted by Crippen LogP contribution is -2.53. The van der Waals surface area contributed by atoms with E-state index in [1.165, 1.54) is 11.3 Å². The summed E-state index contributed by atoms with van der Waals surface area (Å²) < 4.78 is 10.7. The van der Waals surface area contributed by atoms with Crippen molar-refractivity contribution in [3.8, 4) is 11.5 Å². The Morgan fingerprint density at radius 1 is 1.38 bits per heavy atom. The molecule has 0 bridgehead atoms. The van der Waals surface area contributed by atoms with Crippen LogP contribution in [0.5, 0.6) is 11.5 Å². The number of rotatable bonds is 6. The smallest absolute Gasteiger partial charge is 0.257 e. The number of thiazole rings is 1. The fourth-order valence-electron chi connectivity index (χ4n) is 6.62. The first-order chi connectivity index (χ1) is 17.6. The van der Waals surface area contributed by atoms with Crippen LogP contribution >= 0.6 is 11.3 Å². The molecule has 1 aromatic carbocycles. The normalized spacial score (nSPS) is 28.6. The van der Waals surface area contributed by atoms with E-state index < -0.39 is 6.10 Å². The number of aromatic nitrogens is 1. The van der Waals surface area contributed by atoms with Gasteiger partial charge in [-0.05, 0) is 54.7 Å². The van der Waals surface area contributed by atoms with Gasteiger partial charge in [0.1, 0.15) is 0 Å². The summed E-state index contributed by atoms with van der Waals surface area (Å²) in [7, 11) is 1.78. The zero-order valence-electron chi connectivity index (χ0n) is 21.8. The number of amides is 2. The summed E-state index contributed by atoms with van der Waals surface area (Å²) in [5.74, 6) is 0.589. The molecule has 2 heterocycles. The number of carbonyl (C=O) groups excluding carboxylic acids is 2. The molecule has 5 rings (SSSR count). The third-order valence-electron chi connectivity index (χ3n) is 8.59. The summed E-state index contributed by atoms with van der Waals surface area (Å²) in [5.41, 5.74) is 1.32. The number of nitrogens with zero attached hydrogens (tertiary/aromatic N) is 2. The van der Waals surface area contributed by atoms with Crippen molar-refractivity contribution >= 4 is 28.3 Å². The number of aliphatic hydroxyl groups is 1. The highest BCUT2D eigenvalue weighted by Gasteiger charge is 2.54. The van der Waals surface area contributed by atoms with Crippen molar-refractivity contribution < 1.29 is 24.2 Å². The van der Waals surface area contributed by atoms with Gasteiger partial charge in [-0.2, -0.15) is 0 Å². The molecule has 3 aliphatic rings. The number of anilines is 1. The lowest BCUT2D eigenvalue weighted by molar-refractivity contribution is -0.143. The second-order valence-corrected chi connectivity index (χ2v) is 12.1. The van der Waals surface area contributed by atoms with E-state index in [0.29, 0.717) is 28.7 Å². The van der Waals surface area contributed by atoms with Crippen molar-refractivity contribution in [3.05, 3.63) is 47.0 Å². The Hall–Kier alpha value is -2.91. The minimum atomic E-state index is -0.605. The van der Waals surface area contributed by atoms with E-state index in [1.807, 2.05) is 6.92 Å². The van der Waals surface area contributed by atoms with Gasteiger partial charge in [0.25, 0.3) is 5.91 Å². The Bertz CT molecular complexity index is 1230. The highest BCUT2D eigenvalue weighted by atomic mass is 32.1. The van der Waals surface area contributed by atoms with Gasteiger partial charge in [0.05, 0.1) is 11.8 Å². The highest BCUT2D eigenvalue weighted by molar-refractivity contribution is 7.15. The van der Waals surface area contributed by atoms with E-state index in [2.05, 4.69) is 25.7 Å². The topological polar surface area (TPSA) is 101 Å². The van der Waals surface area contributed by atoms with E-state index in [0.717, 1.165) is 29.8 Å². The van der Waals surface area contributed by atoms with Crippen LogP contribution in [-0.2, 0) is 11.2 Å². The Balaban J connectivity index is 1.34. The van der Waals surface area contributed by atoms with Crippen molar-refractivity contribution in [2.45, 2.75) is 52.1 Å². The van der Waals surface area contributed by atoms with Gasteiger partial charge in [0.15, 0.2) is 16.6 Å². The molecule has 1 saturated carbocycles. The summed E-state index contributed by atoms with van der Waals surface area (Å²) in [6, 6.07) is 5.12. The van der Waals surface area contributed by atoms with Crippen LogP contribution in [0.25, 0.3) is 0 Å². The summed E-state index contributed by atoms with van der Waals surface area (Å²) >= 11 is 1.51. The number of hydrogen-bond donors (Lipinski definition) is 2. The lowest BCUT2D eigenvalue weighted by atomic mass is 9.53. The van der Waals surface area contributed by atoms with Crippen LogP contribution in [0.1, 0.15) is 60.5 Å². The van der Waals surface area contributed by atoms with Crippen LogP contribution in [0.4, 0.5) is 5.13 Å². The molecule has 1 fully saturated rings. The van der Waals surface area contributed by atoms with Gasteiger partial charge in [0, 0.05) is 35.9 Å². The minimum Gasteiger partial charge on any atom is -0.454 e. The standard InChI is InChI=1S/C28H35N3O5S/c1-6-11-31(5)26(34)15(2)18-9-10-28(4)13-21-23(16(3)22(28)24(18)32)29-27(37-21)30-25(33)17-7-8-19-20(12-17)36-14-35-19/h6-8,12,15-16,18,22,24,32H,1,9-11,13-14H2,2-5H3,(H,29,30,33)/t15-,16-,18+,22+,24-,28+/m0/s1. The monoisotopic (exact) mass is 525 g/mol. The van der Waals surface area contributed by atoms with Gasteiger partial charge in [0.2, 0.25) is 12.7 Å². The summed E-state index contributed by atoms with van der Waals surface area (Å²) in [6.45, 7) is 10.7. The largest absolute Gasteiger partial charge is 0.454 e. The second-order valence-electron chi connectivity index (χ2n) is 11.0. The van der Waals surface area contributed by atoms with Gasteiger partial charge in [-0.3, -0.25) is 14.9 Å². The Kier molecular flexibility index (Phi) is 6.79. The highest BCUT2D eigenvalue weighted by Crippen LogP contribution is 2.57. The lowest BCUT2D eigenvalue weighted by Gasteiger charge is -2.53. The zero-order chi connectivity index (χ0) is 26.5. The maximum atomic E-state index is 13.0. The minimum absolute atomic E-state index is 0.00667. The molecule has 2 N–H and O–H groups in total. The third-order valence-corrected chi connectivity index (χ3v) is 9.57. The number of aliphatic hydroxyl groups excluding tert-OH is 1. The van der Waals surface area contributed by atoms with Crippen molar-refractivity contribution in [2.24, 2.45) is 23.2 Å². The summed E-state index contributed by atoms with van der Waals surface area (Å²) in [6.07, 6.45) is 3.65. The predicted molar refractivity (Wildman–Crippen MR) is 142 cm³/mol. The molecule has 1 aromatic heterocycles. The Morgan fingerprint density at radius 3 is 2.89 bits per heavy atom. The fourth-order valence-corrected chi connectivity index (χ4v) is 7.88. The Labute approximate surface area is 221 Å². The molecule has 0 saturated heterocycles.